The average Bonchev–Trinajstić information content (AvgIpc) is 2.20. The number of hydrogen-bond donors (Lipinski definition) is 2. The van der Waals surface area contributed by atoms with E-state index < -0.39 is 6.03 Å². The molecule has 1 aromatic carbocycles. The first-order valence-electron chi connectivity index (χ1n) is 5.00. The van der Waals surface area contributed by atoms with Crippen LogP contribution in [0.25, 0.3) is 0 Å². The fourth-order valence-corrected chi connectivity index (χ4v) is 1.06. The van der Waals surface area contributed by atoms with Crippen LogP contribution in [0, 0.1) is 5.82 Å². The number of rotatable bonds is 4. The van der Waals surface area contributed by atoms with Crippen LogP contribution < -0.4 is 10.8 Å². The number of carbonyl (C=O) groups is 1. The summed E-state index contributed by atoms with van der Waals surface area (Å²) >= 11 is 0. The summed E-state index contributed by atoms with van der Waals surface area (Å²) < 4.78 is 12.6. The van der Waals surface area contributed by atoms with E-state index in [-0.39, 0.29) is 18.5 Å². The molecule has 1 aromatic rings. The zero-order valence-corrected chi connectivity index (χ0v) is 9.29. The minimum Gasteiger partial charge on any atom is -0.334 e. The molecule has 0 saturated carbocycles. The Bertz CT molecular complexity index is 338. The molecule has 0 radical (unpaired) electrons. The first-order chi connectivity index (χ1) is 7.58. The second kappa shape index (κ2) is 6.07. The van der Waals surface area contributed by atoms with Crippen molar-refractivity contribution in [1.82, 2.24) is 10.8 Å². The Balaban J connectivity index is 2.25. The Morgan fingerprint density at radius 3 is 2.56 bits per heavy atom. The standard InChI is InChI=1S/C11H15FN2O2/c1-8(2)13-11(15)14-16-7-9-3-5-10(12)6-4-9/h3-6,8H,7H2,1-2H3,(H2,13,14,15). The Kier molecular flexibility index (Phi) is 4.72. The molecule has 0 aliphatic rings. The highest BCUT2D eigenvalue weighted by atomic mass is 19.1. The van der Waals surface area contributed by atoms with E-state index in [4.69, 9.17) is 4.84 Å². The first-order valence-corrected chi connectivity index (χ1v) is 5.00. The summed E-state index contributed by atoms with van der Waals surface area (Å²) in [6.45, 7) is 3.89. The quantitative estimate of drug-likeness (QED) is 0.771. The molecule has 1 rings (SSSR count). The van der Waals surface area contributed by atoms with E-state index in [2.05, 4.69) is 10.8 Å². The normalized spacial score (nSPS) is 10.2. The molecule has 0 heterocycles. The molecule has 0 bridgehead atoms. The fraction of sp³-hybridized carbons (Fsp3) is 0.364. The average molecular weight is 226 g/mol. The van der Waals surface area contributed by atoms with Gasteiger partial charge in [0.1, 0.15) is 5.82 Å². The van der Waals surface area contributed by atoms with Crippen molar-refractivity contribution in [2.75, 3.05) is 0 Å². The van der Waals surface area contributed by atoms with E-state index in [1.54, 1.807) is 12.1 Å². The highest BCUT2D eigenvalue weighted by molar-refractivity contribution is 5.72. The van der Waals surface area contributed by atoms with Crippen molar-refractivity contribution in [3.8, 4) is 0 Å². The third-order valence-electron chi connectivity index (χ3n) is 1.74. The number of carbonyl (C=O) groups excluding carboxylic acids is 1. The minimum atomic E-state index is -0.392. The van der Waals surface area contributed by atoms with Gasteiger partial charge in [-0.15, -0.1) is 0 Å². The van der Waals surface area contributed by atoms with Crippen LogP contribution >= 0.6 is 0 Å². The van der Waals surface area contributed by atoms with Crippen LogP contribution in [0.3, 0.4) is 0 Å². The third kappa shape index (κ3) is 4.75. The number of amides is 2. The lowest BCUT2D eigenvalue weighted by Crippen LogP contribution is -2.39. The number of benzene rings is 1. The lowest BCUT2D eigenvalue weighted by atomic mass is 10.2. The van der Waals surface area contributed by atoms with E-state index in [0.717, 1.165) is 5.56 Å². The number of hydrogen-bond acceptors (Lipinski definition) is 2. The Morgan fingerprint density at radius 2 is 2.00 bits per heavy atom. The molecule has 2 N–H and O–H groups in total. The molecule has 0 aliphatic carbocycles. The zero-order valence-electron chi connectivity index (χ0n) is 9.29. The van der Waals surface area contributed by atoms with Crippen LogP contribution in [0.15, 0.2) is 24.3 Å². The van der Waals surface area contributed by atoms with Gasteiger partial charge in [0.25, 0.3) is 0 Å². The zero-order chi connectivity index (χ0) is 12.0. The maximum atomic E-state index is 12.6. The summed E-state index contributed by atoms with van der Waals surface area (Å²) in [7, 11) is 0. The molecule has 5 heteroatoms. The molecule has 0 atom stereocenters. The number of hydroxylamine groups is 1. The lowest BCUT2D eigenvalue weighted by Gasteiger charge is -2.09. The van der Waals surface area contributed by atoms with Crippen molar-refractivity contribution < 1.29 is 14.0 Å². The van der Waals surface area contributed by atoms with Crippen molar-refractivity contribution in [3.05, 3.63) is 35.6 Å². The van der Waals surface area contributed by atoms with Gasteiger partial charge in [0.2, 0.25) is 0 Å². The van der Waals surface area contributed by atoms with Crippen molar-refractivity contribution in [3.63, 3.8) is 0 Å². The Hall–Kier alpha value is -1.62. The van der Waals surface area contributed by atoms with Gasteiger partial charge in [0.15, 0.2) is 0 Å². The van der Waals surface area contributed by atoms with Gasteiger partial charge in [-0.1, -0.05) is 12.1 Å². The van der Waals surface area contributed by atoms with E-state index in [1.165, 1.54) is 12.1 Å². The summed E-state index contributed by atoms with van der Waals surface area (Å²) in [4.78, 5) is 16.0. The number of nitrogens with one attached hydrogen (secondary N) is 2. The predicted molar refractivity (Wildman–Crippen MR) is 58.0 cm³/mol. The van der Waals surface area contributed by atoms with Gasteiger partial charge >= 0.3 is 6.03 Å². The second-order valence-corrected chi connectivity index (χ2v) is 3.65. The summed E-state index contributed by atoms with van der Waals surface area (Å²) in [5.41, 5.74) is 3.02. The topological polar surface area (TPSA) is 50.4 Å². The van der Waals surface area contributed by atoms with Crippen LogP contribution in [0.4, 0.5) is 9.18 Å². The van der Waals surface area contributed by atoms with Crippen LogP contribution in [-0.4, -0.2) is 12.1 Å². The molecule has 2 amide bonds. The van der Waals surface area contributed by atoms with E-state index in [0.29, 0.717) is 0 Å². The van der Waals surface area contributed by atoms with Crippen molar-refractivity contribution in [2.45, 2.75) is 26.5 Å². The number of halogens is 1. The van der Waals surface area contributed by atoms with Gasteiger partial charge in [-0.25, -0.2) is 14.7 Å². The predicted octanol–water partition coefficient (Wildman–Crippen LogP) is 1.96. The molecular formula is C11H15FN2O2. The highest BCUT2D eigenvalue weighted by Crippen LogP contribution is 2.03. The molecule has 0 aliphatic heterocycles. The molecule has 0 fully saturated rings. The number of urea groups is 1. The summed E-state index contributed by atoms with van der Waals surface area (Å²) in [5, 5.41) is 2.60. The monoisotopic (exact) mass is 226 g/mol. The maximum Gasteiger partial charge on any atom is 0.338 e. The second-order valence-electron chi connectivity index (χ2n) is 3.65. The third-order valence-corrected chi connectivity index (χ3v) is 1.74. The molecule has 4 nitrogen and oxygen atoms in total. The van der Waals surface area contributed by atoms with Gasteiger partial charge in [0.05, 0.1) is 6.61 Å². The molecule has 0 saturated heterocycles. The largest absolute Gasteiger partial charge is 0.338 e. The Morgan fingerprint density at radius 1 is 1.38 bits per heavy atom. The van der Waals surface area contributed by atoms with Gasteiger partial charge < -0.3 is 5.32 Å². The molecule has 88 valence electrons. The smallest absolute Gasteiger partial charge is 0.334 e. The molecule has 0 aromatic heterocycles. The van der Waals surface area contributed by atoms with E-state index in [1.807, 2.05) is 13.8 Å². The van der Waals surface area contributed by atoms with Crippen molar-refractivity contribution in [2.24, 2.45) is 0 Å². The Labute approximate surface area is 93.8 Å². The van der Waals surface area contributed by atoms with Crippen LogP contribution in [0.1, 0.15) is 19.4 Å². The summed E-state index contributed by atoms with van der Waals surface area (Å²) in [6, 6.07) is 5.53. The summed E-state index contributed by atoms with van der Waals surface area (Å²) in [6.07, 6.45) is 0. The fourth-order valence-electron chi connectivity index (χ4n) is 1.06. The van der Waals surface area contributed by atoms with Crippen molar-refractivity contribution >= 4 is 6.03 Å². The summed E-state index contributed by atoms with van der Waals surface area (Å²) in [5.74, 6) is -0.297. The van der Waals surface area contributed by atoms with Crippen molar-refractivity contribution in [1.29, 1.82) is 0 Å². The van der Waals surface area contributed by atoms with Gasteiger partial charge in [0, 0.05) is 6.04 Å². The molecule has 0 unspecified atom stereocenters. The lowest BCUT2D eigenvalue weighted by molar-refractivity contribution is 0.0484. The van der Waals surface area contributed by atoms with E-state index in [9.17, 15) is 9.18 Å². The molecular weight excluding hydrogens is 211 g/mol. The minimum absolute atomic E-state index is 0.0504. The first kappa shape index (κ1) is 12.4. The maximum absolute atomic E-state index is 12.6. The van der Waals surface area contributed by atoms with Gasteiger partial charge in [-0.05, 0) is 31.5 Å². The molecule has 16 heavy (non-hydrogen) atoms. The highest BCUT2D eigenvalue weighted by Gasteiger charge is 2.01. The molecule has 0 spiro atoms. The van der Waals surface area contributed by atoms with Gasteiger partial charge in [-0.3, -0.25) is 4.84 Å². The van der Waals surface area contributed by atoms with Crippen LogP contribution in [0.5, 0.6) is 0 Å². The van der Waals surface area contributed by atoms with Gasteiger partial charge in [-0.2, -0.15) is 0 Å². The van der Waals surface area contributed by atoms with Crippen LogP contribution in [0.2, 0.25) is 0 Å². The SMILES string of the molecule is CC(C)NC(=O)NOCc1ccc(F)cc1. The van der Waals surface area contributed by atoms with E-state index >= 15 is 0 Å². The van der Waals surface area contributed by atoms with Crippen LogP contribution in [-0.2, 0) is 11.4 Å².